The summed E-state index contributed by atoms with van der Waals surface area (Å²) in [6, 6.07) is 14.8. The summed E-state index contributed by atoms with van der Waals surface area (Å²) in [6.07, 6.45) is 0. The van der Waals surface area contributed by atoms with Gasteiger partial charge < -0.3 is 10.2 Å². The van der Waals surface area contributed by atoms with Crippen molar-refractivity contribution < 1.29 is 9.59 Å². The molecule has 1 aliphatic rings. The molecule has 27 heavy (non-hydrogen) atoms. The molecule has 0 spiro atoms. The molecule has 3 rings (SSSR count). The fourth-order valence-electron chi connectivity index (χ4n) is 2.88. The van der Waals surface area contributed by atoms with Crippen LogP contribution in [0.1, 0.15) is 42.3 Å². The Labute approximate surface area is 163 Å². The van der Waals surface area contributed by atoms with Crippen molar-refractivity contribution in [1.82, 2.24) is 4.90 Å². The van der Waals surface area contributed by atoms with Crippen LogP contribution >= 0.6 is 11.8 Å². The van der Waals surface area contributed by atoms with Gasteiger partial charge in [0.15, 0.2) is 0 Å². The maximum atomic E-state index is 13.1. The molecule has 2 amide bonds. The molecule has 1 unspecified atom stereocenters. The molecule has 6 heteroatoms. The molecule has 2 aromatic carbocycles. The topological polar surface area (TPSA) is 73.2 Å². The van der Waals surface area contributed by atoms with E-state index in [-0.39, 0.29) is 23.1 Å². The third kappa shape index (κ3) is 4.15. The van der Waals surface area contributed by atoms with Crippen molar-refractivity contribution in [2.24, 2.45) is 0 Å². The van der Waals surface area contributed by atoms with Gasteiger partial charge in [0.25, 0.3) is 5.91 Å². The van der Waals surface area contributed by atoms with Crippen LogP contribution in [0.4, 0.5) is 5.69 Å². The number of amides is 2. The van der Waals surface area contributed by atoms with E-state index >= 15 is 0 Å². The van der Waals surface area contributed by atoms with Gasteiger partial charge in [-0.3, -0.25) is 9.59 Å². The molecule has 0 saturated carbocycles. The molecule has 138 valence electrons. The summed E-state index contributed by atoms with van der Waals surface area (Å²) in [4.78, 5) is 27.8. The highest BCUT2D eigenvalue weighted by molar-refractivity contribution is 8.00. The highest BCUT2D eigenvalue weighted by Gasteiger charge is 2.25. The average Bonchev–Trinajstić information content (AvgIpc) is 2.66. The van der Waals surface area contributed by atoms with Crippen LogP contribution in [0, 0.1) is 11.3 Å². The second kappa shape index (κ2) is 7.85. The van der Waals surface area contributed by atoms with Crippen molar-refractivity contribution in [3.8, 4) is 6.07 Å². The van der Waals surface area contributed by atoms with Crippen molar-refractivity contribution in [3.05, 3.63) is 59.2 Å². The zero-order valence-electron chi connectivity index (χ0n) is 15.5. The number of nitriles is 1. The lowest BCUT2D eigenvalue weighted by atomic mass is 10.1. The van der Waals surface area contributed by atoms with Gasteiger partial charge in [-0.2, -0.15) is 5.26 Å². The van der Waals surface area contributed by atoms with Crippen molar-refractivity contribution in [2.75, 3.05) is 5.32 Å². The first kappa shape index (κ1) is 19.0. The van der Waals surface area contributed by atoms with E-state index in [0.717, 1.165) is 10.5 Å². The van der Waals surface area contributed by atoms with Crippen molar-refractivity contribution in [2.45, 2.75) is 43.5 Å². The lowest BCUT2D eigenvalue weighted by Crippen LogP contribution is -2.36. The van der Waals surface area contributed by atoms with Crippen LogP contribution < -0.4 is 5.32 Å². The quantitative estimate of drug-likeness (QED) is 0.870. The van der Waals surface area contributed by atoms with Gasteiger partial charge >= 0.3 is 0 Å². The van der Waals surface area contributed by atoms with Gasteiger partial charge in [0, 0.05) is 23.0 Å². The predicted molar refractivity (Wildman–Crippen MR) is 107 cm³/mol. The van der Waals surface area contributed by atoms with Crippen LogP contribution in [-0.4, -0.2) is 28.0 Å². The number of fused-ring (bicyclic) bond motifs is 1. The second-order valence-corrected chi connectivity index (χ2v) is 8.18. The molecule has 0 radical (unpaired) electrons. The van der Waals surface area contributed by atoms with Gasteiger partial charge in [0.05, 0.1) is 22.6 Å². The number of benzene rings is 2. The lowest BCUT2D eigenvalue weighted by molar-refractivity contribution is -0.115. The molecule has 1 N–H and O–H groups in total. The van der Waals surface area contributed by atoms with Gasteiger partial charge in [-0.25, -0.2) is 0 Å². The molecular formula is C21H21N3O2S. The highest BCUT2D eigenvalue weighted by atomic mass is 32.2. The number of hydrogen-bond acceptors (Lipinski definition) is 4. The van der Waals surface area contributed by atoms with E-state index in [1.807, 2.05) is 45.0 Å². The largest absolute Gasteiger partial charge is 0.332 e. The number of thioether (sulfide) groups is 1. The lowest BCUT2D eigenvalue weighted by Gasteiger charge is -2.28. The number of nitrogens with one attached hydrogen (secondary N) is 1. The van der Waals surface area contributed by atoms with Crippen molar-refractivity contribution in [3.63, 3.8) is 0 Å². The van der Waals surface area contributed by atoms with Crippen LogP contribution in [0.2, 0.25) is 0 Å². The maximum absolute atomic E-state index is 13.1. The molecule has 0 saturated heterocycles. The normalized spacial score (nSPS) is 15.7. The standard InChI is InChI=1S/C21H21N3O2S/c1-13(2)24(12-16-6-4-15(11-22)5-7-16)21(26)17-8-9-19-18(10-17)23-20(25)14(3)27-19/h4-10,13-14H,12H2,1-3H3,(H,23,25). The Bertz CT molecular complexity index is 916. The minimum absolute atomic E-state index is 0.00756. The smallest absolute Gasteiger partial charge is 0.254 e. The Morgan fingerprint density at radius 1 is 1.26 bits per heavy atom. The third-order valence-corrected chi connectivity index (χ3v) is 5.66. The number of hydrogen-bond donors (Lipinski definition) is 1. The highest BCUT2D eigenvalue weighted by Crippen LogP contribution is 2.36. The van der Waals surface area contributed by atoms with Crippen LogP contribution in [0.3, 0.4) is 0 Å². The summed E-state index contributed by atoms with van der Waals surface area (Å²) in [5, 5.41) is 11.7. The van der Waals surface area contributed by atoms with Gasteiger partial charge in [-0.15, -0.1) is 11.8 Å². The third-order valence-electron chi connectivity index (χ3n) is 4.48. The summed E-state index contributed by atoms with van der Waals surface area (Å²) >= 11 is 1.50. The Kier molecular flexibility index (Phi) is 5.52. The van der Waals surface area contributed by atoms with E-state index in [2.05, 4.69) is 11.4 Å². The summed E-state index contributed by atoms with van der Waals surface area (Å²) in [5.74, 6) is -0.134. The molecule has 1 heterocycles. The summed E-state index contributed by atoms with van der Waals surface area (Å²) in [6.45, 7) is 6.26. The number of carbonyl (C=O) groups is 2. The number of anilines is 1. The van der Waals surface area contributed by atoms with Crippen LogP contribution in [0.5, 0.6) is 0 Å². The Hall–Kier alpha value is -2.78. The van der Waals surface area contributed by atoms with Crippen LogP contribution in [0.15, 0.2) is 47.4 Å². The Balaban J connectivity index is 1.84. The molecule has 5 nitrogen and oxygen atoms in total. The first-order valence-corrected chi connectivity index (χ1v) is 9.68. The first-order chi connectivity index (χ1) is 12.9. The molecule has 1 atom stereocenters. The minimum Gasteiger partial charge on any atom is -0.332 e. The summed E-state index contributed by atoms with van der Waals surface area (Å²) in [7, 11) is 0. The number of carbonyl (C=O) groups excluding carboxylic acids is 2. The molecule has 2 aromatic rings. The van der Waals surface area contributed by atoms with E-state index in [9.17, 15) is 9.59 Å². The molecule has 0 aliphatic carbocycles. The van der Waals surface area contributed by atoms with E-state index < -0.39 is 0 Å². The molecule has 0 fully saturated rings. The zero-order valence-corrected chi connectivity index (χ0v) is 16.3. The van der Waals surface area contributed by atoms with Crippen molar-refractivity contribution >= 4 is 29.3 Å². The number of rotatable bonds is 4. The molecular weight excluding hydrogens is 358 g/mol. The fraction of sp³-hybridized carbons (Fsp3) is 0.286. The van der Waals surface area contributed by atoms with Gasteiger partial charge in [0.1, 0.15) is 0 Å². The van der Waals surface area contributed by atoms with E-state index in [0.29, 0.717) is 23.4 Å². The Morgan fingerprint density at radius 2 is 1.96 bits per heavy atom. The molecule has 0 bridgehead atoms. The monoisotopic (exact) mass is 379 g/mol. The van der Waals surface area contributed by atoms with Crippen LogP contribution in [-0.2, 0) is 11.3 Å². The molecule has 0 aromatic heterocycles. The van der Waals surface area contributed by atoms with Gasteiger partial charge in [-0.1, -0.05) is 12.1 Å². The van der Waals surface area contributed by atoms with E-state index in [1.165, 1.54) is 11.8 Å². The molecule has 1 aliphatic heterocycles. The average molecular weight is 379 g/mol. The minimum atomic E-state index is -0.136. The van der Waals surface area contributed by atoms with Crippen LogP contribution in [0.25, 0.3) is 0 Å². The number of nitrogens with zero attached hydrogens (tertiary/aromatic N) is 2. The maximum Gasteiger partial charge on any atom is 0.254 e. The Morgan fingerprint density at radius 3 is 2.59 bits per heavy atom. The van der Waals surface area contributed by atoms with Gasteiger partial charge in [-0.05, 0) is 56.7 Å². The van der Waals surface area contributed by atoms with Gasteiger partial charge in [0.2, 0.25) is 5.91 Å². The first-order valence-electron chi connectivity index (χ1n) is 8.80. The zero-order chi connectivity index (χ0) is 19.6. The van der Waals surface area contributed by atoms with E-state index in [4.69, 9.17) is 5.26 Å². The fourth-order valence-corrected chi connectivity index (χ4v) is 3.81. The van der Waals surface area contributed by atoms with Crippen molar-refractivity contribution in [1.29, 1.82) is 5.26 Å². The SMILES string of the molecule is CC1Sc2ccc(C(=O)N(Cc3ccc(C#N)cc3)C(C)C)cc2NC1=O. The summed E-state index contributed by atoms with van der Waals surface area (Å²) in [5.41, 5.74) is 2.80. The predicted octanol–water partition coefficient (Wildman–Crippen LogP) is 4.04. The summed E-state index contributed by atoms with van der Waals surface area (Å²) < 4.78 is 0. The van der Waals surface area contributed by atoms with E-state index in [1.54, 1.807) is 23.1 Å². The second-order valence-electron chi connectivity index (χ2n) is 6.80.